The van der Waals surface area contributed by atoms with Crippen LogP contribution in [-0.2, 0) is 9.53 Å². The molecule has 0 aliphatic rings. The molecule has 1 aromatic rings. The van der Waals surface area contributed by atoms with Gasteiger partial charge in [-0.1, -0.05) is 40.9 Å². The van der Waals surface area contributed by atoms with Crippen molar-refractivity contribution in [2.45, 2.75) is 19.8 Å². The number of carbonyl (C=O) groups excluding carboxylic acids is 2. The molecule has 0 bridgehead atoms. The Bertz CT molecular complexity index is 465. The number of unbranched alkanes of at least 4 members (excludes halogenated alkanes) is 1. The Labute approximate surface area is 125 Å². The van der Waals surface area contributed by atoms with Gasteiger partial charge >= 0.3 is 5.97 Å². The number of nitrogens with one attached hydrogen (secondary N) is 1. The van der Waals surface area contributed by atoms with Crippen molar-refractivity contribution in [2.75, 3.05) is 13.2 Å². The Morgan fingerprint density at radius 1 is 1.42 bits per heavy atom. The van der Waals surface area contributed by atoms with Crippen molar-refractivity contribution in [3.63, 3.8) is 0 Å². The molecule has 0 unspecified atom stereocenters. The number of hydrogen-bond acceptors (Lipinski definition) is 3. The summed E-state index contributed by atoms with van der Waals surface area (Å²) in [7, 11) is 0. The minimum atomic E-state index is -0.614. The first kappa shape index (κ1) is 16.0. The summed E-state index contributed by atoms with van der Waals surface area (Å²) in [4.78, 5) is 23.1. The van der Waals surface area contributed by atoms with Crippen molar-refractivity contribution in [3.05, 3.63) is 33.3 Å². The van der Waals surface area contributed by atoms with Crippen LogP contribution in [-0.4, -0.2) is 25.0 Å². The minimum absolute atomic E-state index is 0.234. The summed E-state index contributed by atoms with van der Waals surface area (Å²) >= 11 is 9.13. The van der Waals surface area contributed by atoms with Gasteiger partial charge in [-0.2, -0.15) is 0 Å². The molecule has 0 atom stereocenters. The first-order valence-corrected chi connectivity index (χ1v) is 7.10. The van der Waals surface area contributed by atoms with Gasteiger partial charge in [0.25, 0.3) is 5.91 Å². The van der Waals surface area contributed by atoms with Gasteiger partial charge in [0.15, 0.2) is 6.61 Å². The van der Waals surface area contributed by atoms with E-state index in [0.29, 0.717) is 11.6 Å². The number of hydrogen-bond donors (Lipinski definition) is 1. The minimum Gasteiger partial charge on any atom is -0.452 e. The average Bonchev–Trinajstić information content (AvgIpc) is 2.39. The van der Waals surface area contributed by atoms with Crippen LogP contribution in [0, 0.1) is 0 Å². The second-order valence-electron chi connectivity index (χ2n) is 3.90. The lowest BCUT2D eigenvalue weighted by Crippen LogP contribution is -2.29. The van der Waals surface area contributed by atoms with Crippen LogP contribution in [0.1, 0.15) is 30.1 Å². The lowest BCUT2D eigenvalue weighted by Gasteiger charge is -2.07. The molecule has 0 heterocycles. The van der Waals surface area contributed by atoms with E-state index in [-0.39, 0.29) is 18.1 Å². The number of esters is 1. The van der Waals surface area contributed by atoms with Crippen LogP contribution in [0.15, 0.2) is 22.7 Å². The highest BCUT2D eigenvalue weighted by atomic mass is 79.9. The molecule has 0 aliphatic carbocycles. The van der Waals surface area contributed by atoms with Crippen LogP contribution in [0.2, 0.25) is 5.02 Å². The molecule has 4 nitrogen and oxygen atoms in total. The van der Waals surface area contributed by atoms with Gasteiger partial charge in [0.1, 0.15) is 0 Å². The third-order valence-electron chi connectivity index (χ3n) is 2.34. The van der Waals surface area contributed by atoms with E-state index in [2.05, 4.69) is 21.2 Å². The number of amides is 1. The molecule has 0 spiro atoms. The van der Waals surface area contributed by atoms with E-state index in [0.717, 1.165) is 17.3 Å². The fourth-order valence-corrected chi connectivity index (χ4v) is 1.87. The fraction of sp³-hybridized carbons (Fsp3) is 0.385. The van der Waals surface area contributed by atoms with Gasteiger partial charge in [-0.05, 0) is 24.6 Å². The Hall–Kier alpha value is -1.07. The second kappa shape index (κ2) is 8.17. The highest BCUT2D eigenvalue weighted by molar-refractivity contribution is 9.10. The predicted molar refractivity (Wildman–Crippen MR) is 77.4 cm³/mol. The predicted octanol–water partition coefficient (Wildman–Crippen LogP) is 3.18. The molecule has 19 heavy (non-hydrogen) atoms. The van der Waals surface area contributed by atoms with Gasteiger partial charge in [-0.25, -0.2) is 4.79 Å². The number of rotatable bonds is 6. The standard InChI is InChI=1S/C13H15BrClNO3/c1-2-3-6-16-12(17)8-19-13(18)10-7-9(14)4-5-11(10)15/h4-5,7H,2-3,6,8H2,1H3,(H,16,17). The summed E-state index contributed by atoms with van der Waals surface area (Å²) in [6.45, 7) is 2.32. The zero-order chi connectivity index (χ0) is 14.3. The second-order valence-corrected chi connectivity index (χ2v) is 5.23. The third-order valence-corrected chi connectivity index (χ3v) is 3.16. The number of carbonyl (C=O) groups is 2. The Kier molecular flexibility index (Phi) is 6.87. The number of halogens is 2. The Morgan fingerprint density at radius 3 is 2.84 bits per heavy atom. The first-order valence-electron chi connectivity index (χ1n) is 5.93. The summed E-state index contributed by atoms with van der Waals surface area (Å²) < 4.78 is 5.62. The van der Waals surface area contributed by atoms with E-state index in [1.807, 2.05) is 6.92 Å². The Balaban J connectivity index is 2.47. The SMILES string of the molecule is CCCCNC(=O)COC(=O)c1cc(Br)ccc1Cl. The third kappa shape index (κ3) is 5.61. The smallest absolute Gasteiger partial charge is 0.340 e. The Morgan fingerprint density at radius 2 is 2.16 bits per heavy atom. The van der Waals surface area contributed by atoms with Crippen molar-refractivity contribution < 1.29 is 14.3 Å². The maximum atomic E-state index is 11.7. The van der Waals surface area contributed by atoms with E-state index < -0.39 is 5.97 Å². The molecule has 6 heteroatoms. The zero-order valence-corrected chi connectivity index (χ0v) is 12.9. The van der Waals surface area contributed by atoms with Gasteiger partial charge in [0, 0.05) is 11.0 Å². The average molecular weight is 349 g/mol. The van der Waals surface area contributed by atoms with E-state index in [1.54, 1.807) is 18.2 Å². The summed E-state index contributed by atoms with van der Waals surface area (Å²) in [5.41, 5.74) is 0.234. The van der Waals surface area contributed by atoms with Crippen LogP contribution in [0.4, 0.5) is 0 Å². The van der Waals surface area contributed by atoms with Crippen molar-refractivity contribution in [2.24, 2.45) is 0 Å². The molecule has 0 saturated carbocycles. The van der Waals surface area contributed by atoms with E-state index in [1.165, 1.54) is 0 Å². The summed E-state index contributed by atoms with van der Waals surface area (Å²) in [6, 6.07) is 4.86. The molecular formula is C13H15BrClNO3. The topological polar surface area (TPSA) is 55.4 Å². The number of benzene rings is 1. The lowest BCUT2D eigenvalue weighted by atomic mass is 10.2. The molecule has 104 valence electrons. The molecule has 0 saturated heterocycles. The molecule has 1 aromatic carbocycles. The van der Waals surface area contributed by atoms with Gasteiger partial charge < -0.3 is 10.1 Å². The van der Waals surface area contributed by atoms with Crippen LogP contribution in [0.3, 0.4) is 0 Å². The van der Waals surface area contributed by atoms with Crippen molar-refractivity contribution in [1.82, 2.24) is 5.32 Å². The highest BCUT2D eigenvalue weighted by Gasteiger charge is 2.13. The zero-order valence-electron chi connectivity index (χ0n) is 10.5. The van der Waals surface area contributed by atoms with Gasteiger partial charge in [0.05, 0.1) is 10.6 Å². The molecule has 0 fully saturated rings. The molecule has 1 rings (SSSR count). The van der Waals surface area contributed by atoms with E-state index in [4.69, 9.17) is 16.3 Å². The first-order chi connectivity index (χ1) is 9.04. The summed E-state index contributed by atoms with van der Waals surface area (Å²) in [5, 5.41) is 2.95. The maximum Gasteiger partial charge on any atom is 0.340 e. The van der Waals surface area contributed by atoms with Crippen LogP contribution < -0.4 is 5.32 Å². The van der Waals surface area contributed by atoms with Gasteiger partial charge in [0.2, 0.25) is 0 Å². The summed E-state index contributed by atoms with van der Waals surface area (Å²) in [5.74, 6) is -0.926. The van der Waals surface area contributed by atoms with E-state index >= 15 is 0 Å². The highest BCUT2D eigenvalue weighted by Crippen LogP contribution is 2.21. The molecular weight excluding hydrogens is 334 g/mol. The molecule has 1 N–H and O–H groups in total. The molecule has 0 radical (unpaired) electrons. The maximum absolute atomic E-state index is 11.7. The summed E-state index contributed by atoms with van der Waals surface area (Å²) in [6.07, 6.45) is 1.89. The normalized spacial score (nSPS) is 10.1. The van der Waals surface area contributed by atoms with Gasteiger partial charge in [-0.3, -0.25) is 4.79 Å². The molecule has 0 aromatic heterocycles. The lowest BCUT2D eigenvalue weighted by molar-refractivity contribution is -0.124. The van der Waals surface area contributed by atoms with Crippen LogP contribution >= 0.6 is 27.5 Å². The van der Waals surface area contributed by atoms with Crippen molar-refractivity contribution >= 4 is 39.4 Å². The van der Waals surface area contributed by atoms with Crippen molar-refractivity contribution in [1.29, 1.82) is 0 Å². The quantitative estimate of drug-likeness (QED) is 0.634. The van der Waals surface area contributed by atoms with Crippen molar-refractivity contribution in [3.8, 4) is 0 Å². The van der Waals surface area contributed by atoms with E-state index in [9.17, 15) is 9.59 Å². The van der Waals surface area contributed by atoms with Crippen LogP contribution in [0.5, 0.6) is 0 Å². The van der Waals surface area contributed by atoms with Gasteiger partial charge in [-0.15, -0.1) is 0 Å². The largest absolute Gasteiger partial charge is 0.452 e. The number of ether oxygens (including phenoxy) is 1. The molecule has 1 amide bonds. The van der Waals surface area contributed by atoms with Crippen LogP contribution in [0.25, 0.3) is 0 Å². The molecule has 0 aliphatic heterocycles. The fourth-order valence-electron chi connectivity index (χ4n) is 1.32. The monoisotopic (exact) mass is 347 g/mol.